The van der Waals surface area contributed by atoms with E-state index < -0.39 is 0 Å². The molecule has 3 N–H and O–H groups in total. The molecule has 0 saturated carbocycles. The molecule has 2 rings (SSSR count). The molecule has 26 heavy (non-hydrogen) atoms. The number of anilines is 1. The van der Waals surface area contributed by atoms with Crippen LogP contribution in [0.1, 0.15) is 25.0 Å². The van der Waals surface area contributed by atoms with Crippen molar-refractivity contribution in [2.45, 2.75) is 26.4 Å². The van der Waals surface area contributed by atoms with Crippen molar-refractivity contribution in [3.8, 4) is 0 Å². The van der Waals surface area contributed by atoms with Gasteiger partial charge in [0.15, 0.2) is 0 Å². The van der Waals surface area contributed by atoms with E-state index in [1.807, 2.05) is 38.1 Å². The number of amides is 3. The summed E-state index contributed by atoms with van der Waals surface area (Å²) < 4.78 is 0. The lowest BCUT2D eigenvalue weighted by molar-refractivity contribution is -0.116. The zero-order chi connectivity index (χ0) is 18.9. The Morgan fingerprint density at radius 3 is 2.50 bits per heavy atom. The van der Waals surface area contributed by atoms with E-state index in [4.69, 9.17) is 11.6 Å². The van der Waals surface area contributed by atoms with Crippen molar-refractivity contribution in [2.24, 2.45) is 0 Å². The van der Waals surface area contributed by atoms with Gasteiger partial charge in [0.1, 0.15) is 0 Å². The molecule has 0 aromatic heterocycles. The van der Waals surface area contributed by atoms with Crippen molar-refractivity contribution < 1.29 is 9.59 Å². The summed E-state index contributed by atoms with van der Waals surface area (Å²) in [4.78, 5) is 23.5. The summed E-state index contributed by atoms with van der Waals surface area (Å²) in [6.07, 6.45) is 3.18. The second-order valence-corrected chi connectivity index (χ2v) is 6.49. The number of carbonyl (C=O) groups is 2. The minimum Gasteiger partial charge on any atom is -0.348 e. The molecule has 0 aliphatic carbocycles. The summed E-state index contributed by atoms with van der Waals surface area (Å²) in [7, 11) is 0. The van der Waals surface area contributed by atoms with Crippen LogP contribution in [-0.2, 0) is 11.3 Å². The number of carbonyl (C=O) groups excluding carboxylic acids is 2. The first-order valence-corrected chi connectivity index (χ1v) is 8.68. The third-order valence-electron chi connectivity index (χ3n) is 3.37. The van der Waals surface area contributed by atoms with E-state index in [9.17, 15) is 9.59 Å². The second kappa shape index (κ2) is 9.63. The Hall–Kier alpha value is -2.79. The summed E-state index contributed by atoms with van der Waals surface area (Å²) in [5, 5.41) is 8.94. The zero-order valence-electron chi connectivity index (χ0n) is 14.8. The van der Waals surface area contributed by atoms with E-state index in [0.29, 0.717) is 17.3 Å². The van der Waals surface area contributed by atoms with Gasteiger partial charge in [-0.05, 0) is 55.3 Å². The van der Waals surface area contributed by atoms with E-state index >= 15 is 0 Å². The summed E-state index contributed by atoms with van der Waals surface area (Å²) in [6, 6.07) is 14.4. The van der Waals surface area contributed by atoms with Gasteiger partial charge >= 0.3 is 6.03 Å². The fraction of sp³-hybridized carbons (Fsp3) is 0.200. The molecule has 0 heterocycles. The fourth-order valence-electron chi connectivity index (χ4n) is 2.17. The van der Waals surface area contributed by atoms with Gasteiger partial charge in [0.2, 0.25) is 5.91 Å². The predicted octanol–water partition coefficient (Wildman–Crippen LogP) is 4.20. The average Bonchev–Trinajstić information content (AvgIpc) is 2.58. The van der Waals surface area contributed by atoms with Crippen LogP contribution >= 0.6 is 11.6 Å². The van der Waals surface area contributed by atoms with Crippen molar-refractivity contribution in [3.05, 3.63) is 70.8 Å². The molecular weight excluding hydrogens is 350 g/mol. The summed E-state index contributed by atoms with van der Waals surface area (Å²) in [6.45, 7) is 4.19. The molecular formula is C20H22ClN3O2. The summed E-state index contributed by atoms with van der Waals surface area (Å²) in [5.74, 6) is -0.191. The molecule has 3 amide bonds. The normalized spacial score (nSPS) is 10.8. The first-order chi connectivity index (χ1) is 12.4. The van der Waals surface area contributed by atoms with E-state index in [1.165, 1.54) is 6.08 Å². The lowest BCUT2D eigenvalue weighted by Crippen LogP contribution is -2.34. The first kappa shape index (κ1) is 19.5. The Kier molecular flexibility index (Phi) is 7.24. The number of nitrogens with one attached hydrogen (secondary N) is 3. The predicted molar refractivity (Wildman–Crippen MR) is 106 cm³/mol. The van der Waals surface area contributed by atoms with Crippen LogP contribution in [-0.4, -0.2) is 18.0 Å². The zero-order valence-corrected chi connectivity index (χ0v) is 15.5. The molecule has 0 radical (unpaired) electrons. The molecule has 0 spiro atoms. The molecule has 0 unspecified atom stereocenters. The molecule has 5 nitrogen and oxygen atoms in total. The van der Waals surface area contributed by atoms with Gasteiger partial charge in [-0.3, -0.25) is 4.79 Å². The lowest BCUT2D eigenvalue weighted by Gasteiger charge is -2.10. The third kappa shape index (κ3) is 6.99. The molecule has 0 bridgehead atoms. The van der Waals surface area contributed by atoms with Crippen molar-refractivity contribution >= 4 is 35.3 Å². The van der Waals surface area contributed by atoms with Gasteiger partial charge in [0.05, 0.1) is 0 Å². The Morgan fingerprint density at radius 2 is 1.85 bits per heavy atom. The summed E-state index contributed by atoms with van der Waals surface area (Å²) >= 11 is 5.91. The van der Waals surface area contributed by atoms with Crippen molar-refractivity contribution in [3.63, 3.8) is 0 Å². The maximum atomic E-state index is 11.9. The van der Waals surface area contributed by atoms with Gasteiger partial charge < -0.3 is 16.0 Å². The standard InChI is InChI=1S/C20H22ClN3O2/c1-14(2)23-20(26)24-18-9-6-16(7-10-18)13-22-19(25)11-8-15-4-3-5-17(21)12-15/h3-12,14H,13H2,1-2H3,(H,22,25)(H2,23,24,26). The van der Waals surface area contributed by atoms with Crippen LogP contribution in [0.5, 0.6) is 0 Å². The van der Waals surface area contributed by atoms with Gasteiger partial charge in [-0.2, -0.15) is 0 Å². The number of hydrogen-bond acceptors (Lipinski definition) is 2. The van der Waals surface area contributed by atoms with E-state index in [2.05, 4.69) is 16.0 Å². The van der Waals surface area contributed by atoms with E-state index in [-0.39, 0.29) is 18.0 Å². The van der Waals surface area contributed by atoms with Crippen molar-refractivity contribution in [2.75, 3.05) is 5.32 Å². The van der Waals surface area contributed by atoms with Crippen LogP contribution in [0.25, 0.3) is 6.08 Å². The number of hydrogen-bond donors (Lipinski definition) is 3. The van der Waals surface area contributed by atoms with Gasteiger partial charge in [-0.1, -0.05) is 35.9 Å². The molecule has 0 atom stereocenters. The molecule has 6 heteroatoms. The Balaban J connectivity index is 1.81. The highest BCUT2D eigenvalue weighted by molar-refractivity contribution is 6.30. The largest absolute Gasteiger partial charge is 0.348 e. The van der Waals surface area contributed by atoms with Crippen LogP contribution in [0, 0.1) is 0 Å². The van der Waals surface area contributed by atoms with Gasteiger partial charge in [0, 0.05) is 29.4 Å². The van der Waals surface area contributed by atoms with Crippen molar-refractivity contribution in [1.29, 1.82) is 0 Å². The second-order valence-electron chi connectivity index (χ2n) is 6.06. The summed E-state index contributed by atoms with van der Waals surface area (Å²) in [5.41, 5.74) is 2.49. The van der Waals surface area contributed by atoms with Gasteiger partial charge in [-0.15, -0.1) is 0 Å². The molecule has 136 valence electrons. The molecule has 0 saturated heterocycles. The van der Waals surface area contributed by atoms with Crippen LogP contribution in [0.2, 0.25) is 5.02 Å². The monoisotopic (exact) mass is 371 g/mol. The molecule has 2 aromatic rings. The highest BCUT2D eigenvalue weighted by atomic mass is 35.5. The Morgan fingerprint density at radius 1 is 1.12 bits per heavy atom. The maximum Gasteiger partial charge on any atom is 0.319 e. The SMILES string of the molecule is CC(C)NC(=O)Nc1ccc(CNC(=O)C=Cc2cccc(Cl)c2)cc1. The molecule has 0 aliphatic heterocycles. The number of benzene rings is 2. The van der Waals surface area contributed by atoms with Crippen LogP contribution in [0.3, 0.4) is 0 Å². The number of rotatable bonds is 6. The van der Waals surface area contributed by atoms with Gasteiger partial charge in [-0.25, -0.2) is 4.79 Å². The highest BCUT2D eigenvalue weighted by Gasteiger charge is 2.03. The minimum absolute atomic E-state index is 0.0736. The van der Waals surface area contributed by atoms with Crippen LogP contribution < -0.4 is 16.0 Å². The number of halogens is 1. The molecule has 0 aliphatic rings. The fourth-order valence-corrected chi connectivity index (χ4v) is 2.36. The van der Waals surface area contributed by atoms with Crippen LogP contribution in [0.15, 0.2) is 54.6 Å². The quantitative estimate of drug-likeness (QED) is 0.666. The Bertz CT molecular complexity index is 786. The smallest absolute Gasteiger partial charge is 0.319 e. The van der Waals surface area contributed by atoms with Gasteiger partial charge in [0.25, 0.3) is 0 Å². The lowest BCUT2D eigenvalue weighted by atomic mass is 10.2. The maximum absolute atomic E-state index is 11.9. The third-order valence-corrected chi connectivity index (χ3v) is 3.61. The first-order valence-electron chi connectivity index (χ1n) is 8.30. The topological polar surface area (TPSA) is 70.2 Å². The van der Waals surface area contributed by atoms with Crippen molar-refractivity contribution in [1.82, 2.24) is 10.6 Å². The van der Waals surface area contributed by atoms with E-state index in [0.717, 1.165) is 11.1 Å². The minimum atomic E-state index is -0.243. The highest BCUT2D eigenvalue weighted by Crippen LogP contribution is 2.12. The van der Waals surface area contributed by atoms with E-state index in [1.54, 1.807) is 30.3 Å². The molecule has 0 fully saturated rings. The average molecular weight is 372 g/mol. The number of urea groups is 1. The molecule has 2 aromatic carbocycles. The Labute approximate surface area is 158 Å². The van der Waals surface area contributed by atoms with Crippen LogP contribution in [0.4, 0.5) is 10.5 Å².